The van der Waals surface area contributed by atoms with E-state index in [1.165, 1.54) is 19.1 Å². The van der Waals surface area contributed by atoms with Crippen LogP contribution in [0.3, 0.4) is 0 Å². The average molecular weight is 384 g/mol. The molecular weight excluding hydrogens is 368 g/mol. The van der Waals surface area contributed by atoms with E-state index in [2.05, 4.69) is 5.32 Å². The zero-order chi connectivity index (χ0) is 19.6. The van der Waals surface area contributed by atoms with E-state index in [0.29, 0.717) is 5.39 Å². The number of phenolic OH excluding ortho intramolecular Hbond substituents is 1. The van der Waals surface area contributed by atoms with Gasteiger partial charge in [-0.15, -0.1) is 11.3 Å². The molecule has 0 aliphatic heterocycles. The van der Waals surface area contributed by atoms with Crippen molar-refractivity contribution in [2.75, 3.05) is 5.32 Å². The van der Waals surface area contributed by atoms with Crippen molar-refractivity contribution in [1.29, 1.82) is 0 Å². The lowest BCUT2D eigenvalue weighted by Crippen LogP contribution is -2.30. The van der Waals surface area contributed by atoms with E-state index in [-0.39, 0.29) is 21.9 Å². The number of esters is 1. The van der Waals surface area contributed by atoms with Gasteiger partial charge in [-0.2, -0.15) is 0 Å². The Labute approximate surface area is 158 Å². The Balaban J connectivity index is 1.73. The second-order valence-electron chi connectivity index (χ2n) is 5.75. The number of hydrogen-bond acceptors (Lipinski definition) is 6. The molecule has 0 saturated carbocycles. The zero-order valence-electron chi connectivity index (χ0n) is 14.3. The van der Waals surface area contributed by atoms with Gasteiger partial charge in [0.15, 0.2) is 6.10 Å². The minimum Gasteiger partial charge on any atom is -0.506 e. The number of hydrogen-bond donors (Lipinski definition) is 3. The predicted molar refractivity (Wildman–Crippen MR) is 102 cm³/mol. The lowest BCUT2D eigenvalue weighted by molar-refractivity contribution is -0.123. The van der Waals surface area contributed by atoms with Gasteiger partial charge in [0.25, 0.3) is 11.8 Å². The van der Waals surface area contributed by atoms with E-state index in [0.717, 1.165) is 16.7 Å². The third-order valence-corrected chi connectivity index (χ3v) is 4.77. The Morgan fingerprint density at radius 1 is 1.11 bits per heavy atom. The smallest absolute Gasteiger partial charge is 0.342 e. The molecule has 3 rings (SSSR count). The fourth-order valence-corrected chi connectivity index (χ4v) is 3.31. The molecule has 1 aromatic heterocycles. The number of carbonyl (C=O) groups is 3. The largest absolute Gasteiger partial charge is 0.506 e. The molecule has 1 heterocycles. The van der Waals surface area contributed by atoms with Crippen molar-refractivity contribution in [3.63, 3.8) is 0 Å². The van der Waals surface area contributed by atoms with E-state index in [9.17, 15) is 19.5 Å². The van der Waals surface area contributed by atoms with Crippen LogP contribution in [0, 0.1) is 0 Å². The van der Waals surface area contributed by atoms with Gasteiger partial charge in [0, 0.05) is 5.39 Å². The molecule has 0 saturated heterocycles. The van der Waals surface area contributed by atoms with Crippen molar-refractivity contribution in [1.82, 2.24) is 0 Å². The van der Waals surface area contributed by atoms with Gasteiger partial charge in [-0.1, -0.05) is 30.3 Å². The van der Waals surface area contributed by atoms with Crippen molar-refractivity contribution in [2.24, 2.45) is 5.73 Å². The fourth-order valence-electron chi connectivity index (χ4n) is 2.51. The molecule has 27 heavy (non-hydrogen) atoms. The SMILES string of the molecule is C[C@H](OC(=O)c1ccc2ccccc2c1O)C(=O)Nc1sccc1C(N)=O. The molecule has 7 nitrogen and oxygen atoms in total. The summed E-state index contributed by atoms with van der Waals surface area (Å²) in [4.78, 5) is 35.9. The van der Waals surface area contributed by atoms with Gasteiger partial charge < -0.3 is 20.9 Å². The first kappa shape index (κ1) is 18.4. The topological polar surface area (TPSA) is 119 Å². The molecule has 0 radical (unpaired) electrons. The van der Waals surface area contributed by atoms with Gasteiger partial charge in [-0.3, -0.25) is 9.59 Å². The number of thiophene rings is 1. The molecule has 1 atom stereocenters. The van der Waals surface area contributed by atoms with Crippen LogP contribution in [0.1, 0.15) is 27.6 Å². The number of carbonyl (C=O) groups excluding carboxylic acids is 3. The molecule has 138 valence electrons. The second kappa shape index (κ2) is 7.46. The number of aromatic hydroxyl groups is 1. The van der Waals surface area contributed by atoms with E-state index < -0.39 is 23.9 Å². The van der Waals surface area contributed by atoms with Gasteiger partial charge in [-0.25, -0.2) is 4.79 Å². The Bertz CT molecular complexity index is 1040. The van der Waals surface area contributed by atoms with Crippen LogP contribution >= 0.6 is 11.3 Å². The zero-order valence-corrected chi connectivity index (χ0v) is 15.1. The Kier molecular flexibility index (Phi) is 5.09. The number of primary amides is 1. The summed E-state index contributed by atoms with van der Waals surface area (Å²) in [6, 6.07) is 11.7. The number of benzene rings is 2. The first-order valence-corrected chi connectivity index (χ1v) is 8.86. The standard InChI is InChI=1S/C19H16N2O5S/c1-10(17(24)21-18-14(16(20)23)8-9-27-18)26-19(25)13-7-6-11-4-2-3-5-12(11)15(13)22/h2-10,22H,1H3,(H2,20,23)(H,21,24)/t10-/m0/s1. The van der Waals surface area contributed by atoms with Crippen molar-refractivity contribution in [3.05, 3.63) is 59.0 Å². The maximum absolute atomic E-state index is 12.4. The van der Waals surface area contributed by atoms with Crippen molar-refractivity contribution in [3.8, 4) is 5.75 Å². The molecule has 0 unspecified atom stereocenters. The highest BCUT2D eigenvalue weighted by molar-refractivity contribution is 7.14. The van der Waals surface area contributed by atoms with Crippen molar-refractivity contribution in [2.45, 2.75) is 13.0 Å². The summed E-state index contributed by atoms with van der Waals surface area (Å²) in [6.07, 6.45) is -1.15. The summed E-state index contributed by atoms with van der Waals surface area (Å²) in [5, 5.41) is 16.0. The maximum Gasteiger partial charge on any atom is 0.342 e. The molecule has 2 amide bonds. The molecule has 8 heteroatoms. The van der Waals surface area contributed by atoms with Crippen molar-refractivity contribution >= 4 is 44.9 Å². The molecule has 0 aliphatic rings. The Hall–Kier alpha value is -3.39. The Morgan fingerprint density at radius 2 is 1.85 bits per heavy atom. The number of phenols is 1. The molecule has 0 aliphatic carbocycles. The summed E-state index contributed by atoms with van der Waals surface area (Å²) in [5.74, 6) is -2.33. The molecule has 0 bridgehead atoms. The third-order valence-electron chi connectivity index (χ3n) is 3.94. The highest BCUT2D eigenvalue weighted by Crippen LogP contribution is 2.29. The minimum atomic E-state index is -1.15. The average Bonchev–Trinajstić information content (AvgIpc) is 3.10. The normalized spacial score (nSPS) is 11.7. The van der Waals surface area contributed by atoms with E-state index in [1.807, 2.05) is 6.07 Å². The second-order valence-corrected chi connectivity index (χ2v) is 6.66. The van der Waals surface area contributed by atoms with Gasteiger partial charge in [0.05, 0.1) is 5.56 Å². The van der Waals surface area contributed by atoms with Crippen LogP contribution in [0.2, 0.25) is 0 Å². The lowest BCUT2D eigenvalue weighted by atomic mass is 10.1. The van der Waals surface area contributed by atoms with E-state index in [1.54, 1.807) is 29.6 Å². The summed E-state index contributed by atoms with van der Waals surface area (Å²) >= 11 is 1.13. The van der Waals surface area contributed by atoms with E-state index in [4.69, 9.17) is 10.5 Å². The minimum absolute atomic E-state index is 0.0395. The lowest BCUT2D eigenvalue weighted by Gasteiger charge is -2.14. The van der Waals surface area contributed by atoms with Crippen LogP contribution < -0.4 is 11.1 Å². The molecular formula is C19H16N2O5S. The van der Waals surface area contributed by atoms with Crippen LogP contribution in [0.15, 0.2) is 47.8 Å². The number of nitrogens with one attached hydrogen (secondary N) is 1. The number of anilines is 1. The van der Waals surface area contributed by atoms with Gasteiger partial charge in [0.2, 0.25) is 0 Å². The number of ether oxygens (including phenoxy) is 1. The summed E-state index contributed by atoms with van der Waals surface area (Å²) in [5.41, 5.74) is 5.37. The predicted octanol–water partition coefficient (Wildman–Crippen LogP) is 2.89. The highest BCUT2D eigenvalue weighted by Gasteiger charge is 2.23. The first-order valence-electron chi connectivity index (χ1n) is 7.98. The number of amides is 2. The molecule has 0 spiro atoms. The quantitative estimate of drug-likeness (QED) is 0.585. The maximum atomic E-state index is 12.4. The fraction of sp³-hybridized carbons (Fsp3) is 0.105. The number of rotatable bonds is 5. The molecule has 0 fully saturated rings. The monoisotopic (exact) mass is 384 g/mol. The van der Waals surface area contributed by atoms with Crippen LogP contribution in [-0.2, 0) is 9.53 Å². The summed E-state index contributed by atoms with van der Waals surface area (Å²) in [7, 11) is 0. The number of nitrogens with two attached hydrogens (primary N) is 1. The molecule has 3 aromatic rings. The van der Waals surface area contributed by atoms with E-state index >= 15 is 0 Å². The van der Waals surface area contributed by atoms with Gasteiger partial charge in [0.1, 0.15) is 16.3 Å². The van der Waals surface area contributed by atoms with Crippen LogP contribution in [0.5, 0.6) is 5.75 Å². The highest BCUT2D eigenvalue weighted by atomic mass is 32.1. The van der Waals surface area contributed by atoms with Gasteiger partial charge in [-0.05, 0) is 29.8 Å². The first-order chi connectivity index (χ1) is 12.9. The van der Waals surface area contributed by atoms with Crippen LogP contribution in [0.4, 0.5) is 5.00 Å². The van der Waals surface area contributed by atoms with Crippen LogP contribution in [0.25, 0.3) is 10.8 Å². The van der Waals surface area contributed by atoms with Gasteiger partial charge >= 0.3 is 5.97 Å². The molecule has 4 N–H and O–H groups in total. The third kappa shape index (κ3) is 3.75. The van der Waals surface area contributed by atoms with Crippen molar-refractivity contribution < 1.29 is 24.2 Å². The summed E-state index contributed by atoms with van der Waals surface area (Å²) in [6.45, 7) is 1.39. The molecule has 2 aromatic carbocycles. The van der Waals surface area contributed by atoms with Crippen LogP contribution in [-0.4, -0.2) is 29.0 Å². The number of fused-ring (bicyclic) bond motifs is 1. The summed E-state index contributed by atoms with van der Waals surface area (Å²) < 4.78 is 5.15. The Morgan fingerprint density at radius 3 is 2.59 bits per heavy atom.